The van der Waals surface area contributed by atoms with Crippen molar-refractivity contribution >= 4 is 5.91 Å². The smallest absolute Gasteiger partial charge is 0.252 e. The lowest BCUT2D eigenvalue weighted by atomic mass is 9.78. The van der Waals surface area contributed by atoms with Crippen LogP contribution in [0.4, 0.5) is 17.6 Å². The van der Waals surface area contributed by atoms with Gasteiger partial charge in [0, 0.05) is 24.9 Å². The minimum atomic E-state index is -1.50. The fourth-order valence-corrected chi connectivity index (χ4v) is 4.88. The number of nitrogens with one attached hydrogen (secondary N) is 1. The zero-order valence-electron chi connectivity index (χ0n) is 21.9. The molecule has 4 atom stereocenters. The number of ether oxygens (including phenoxy) is 4. The standard InChI is InChI=1S/C28H33F4NO5/c1-16(2)13-33-26(34)28(36-14-17-8-9-21(31)22(32)10-17)11-23(25-24(12-28)37-27(3,4)38-25)35-15-18-19(29)6-5-7-20(18)30/h5-10,16,23-25H,11-15H2,1-4H3,(H,33,34)/t23?,24-,25+,28-/m1/s1. The Morgan fingerprint density at radius 2 is 1.71 bits per heavy atom. The highest BCUT2D eigenvalue weighted by Gasteiger charge is 2.58. The van der Waals surface area contributed by atoms with Crippen molar-refractivity contribution < 1.29 is 41.3 Å². The van der Waals surface area contributed by atoms with Crippen LogP contribution in [0, 0.1) is 29.2 Å². The minimum Gasteiger partial charge on any atom is -0.370 e. The van der Waals surface area contributed by atoms with Gasteiger partial charge in [-0.25, -0.2) is 17.6 Å². The third-order valence-electron chi connectivity index (χ3n) is 6.74. The van der Waals surface area contributed by atoms with Crippen LogP contribution in [0.5, 0.6) is 0 Å². The van der Waals surface area contributed by atoms with Crippen molar-refractivity contribution in [1.29, 1.82) is 0 Å². The van der Waals surface area contributed by atoms with Crippen molar-refractivity contribution in [1.82, 2.24) is 5.32 Å². The van der Waals surface area contributed by atoms with Gasteiger partial charge in [0.1, 0.15) is 17.7 Å². The fourth-order valence-electron chi connectivity index (χ4n) is 4.88. The molecule has 1 heterocycles. The summed E-state index contributed by atoms with van der Waals surface area (Å²) in [6.07, 6.45) is -2.01. The maximum atomic E-state index is 14.3. The number of hydrogen-bond donors (Lipinski definition) is 1. The number of carbonyl (C=O) groups excluding carboxylic acids is 1. The van der Waals surface area contributed by atoms with E-state index in [9.17, 15) is 22.4 Å². The molecule has 0 radical (unpaired) electrons. The van der Waals surface area contributed by atoms with Crippen LogP contribution < -0.4 is 5.32 Å². The van der Waals surface area contributed by atoms with Gasteiger partial charge in [-0.3, -0.25) is 4.79 Å². The molecule has 208 valence electrons. The lowest BCUT2D eigenvalue weighted by Crippen LogP contribution is -2.60. The molecule has 2 aromatic carbocycles. The van der Waals surface area contributed by atoms with E-state index >= 15 is 0 Å². The largest absolute Gasteiger partial charge is 0.370 e. The molecule has 1 amide bonds. The first-order chi connectivity index (χ1) is 17.9. The molecule has 0 bridgehead atoms. The number of amides is 1. The number of carbonyl (C=O) groups is 1. The van der Waals surface area contributed by atoms with Crippen LogP contribution in [0.1, 0.15) is 51.7 Å². The highest BCUT2D eigenvalue weighted by atomic mass is 19.2. The van der Waals surface area contributed by atoms with Gasteiger partial charge in [0.05, 0.1) is 25.4 Å². The molecule has 38 heavy (non-hydrogen) atoms. The van der Waals surface area contributed by atoms with Gasteiger partial charge in [0.15, 0.2) is 23.0 Å². The lowest BCUT2D eigenvalue weighted by Gasteiger charge is -2.43. The van der Waals surface area contributed by atoms with Gasteiger partial charge >= 0.3 is 0 Å². The molecule has 1 unspecified atom stereocenters. The molecule has 6 nitrogen and oxygen atoms in total. The summed E-state index contributed by atoms with van der Waals surface area (Å²) >= 11 is 0. The summed E-state index contributed by atoms with van der Waals surface area (Å²) in [4.78, 5) is 13.6. The van der Waals surface area contributed by atoms with Gasteiger partial charge in [0.25, 0.3) is 5.91 Å². The summed E-state index contributed by atoms with van der Waals surface area (Å²) in [6, 6.07) is 6.90. The summed E-state index contributed by atoms with van der Waals surface area (Å²) in [5, 5.41) is 2.89. The molecule has 1 saturated carbocycles. The molecule has 1 aliphatic carbocycles. The summed E-state index contributed by atoms with van der Waals surface area (Å²) in [6.45, 7) is 7.11. The van der Waals surface area contributed by atoms with E-state index < -0.39 is 65.5 Å². The number of rotatable bonds is 9. The van der Waals surface area contributed by atoms with Crippen molar-refractivity contribution in [2.75, 3.05) is 6.54 Å². The molecule has 1 aliphatic heterocycles. The fraction of sp³-hybridized carbons (Fsp3) is 0.536. The summed E-state index contributed by atoms with van der Waals surface area (Å²) < 4.78 is 80.2. The maximum Gasteiger partial charge on any atom is 0.252 e. The number of benzene rings is 2. The third kappa shape index (κ3) is 6.36. The molecule has 1 saturated heterocycles. The second-order valence-electron chi connectivity index (χ2n) is 10.7. The van der Waals surface area contributed by atoms with Crippen molar-refractivity contribution in [2.45, 2.75) is 83.5 Å². The van der Waals surface area contributed by atoms with E-state index in [2.05, 4.69) is 5.32 Å². The van der Waals surface area contributed by atoms with Crippen LogP contribution in [-0.2, 0) is 37.0 Å². The highest BCUT2D eigenvalue weighted by molar-refractivity contribution is 5.85. The van der Waals surface area contributed by atoms with E-state index in [1.165, 1.54) is 12.1 Å². The van der Waals surface area contributed by atoms with Crippen molar-refractivity contribution in [2.24, 2.45) is 5.92 Å². The Hall–Kier alpha value is -2.53. The van der Waals surface area contributed by atoms with Crippen molar-refractivity contribution in [3.8, 4) is 0 Å². The van der Waals surface area contributed by atoms with E-state index in [0.29, 0.717) is 12.1 Å². The molecule has 10 heteroatoms. The predicted octanol–water partition coefficient (Wildman–Crippen LogP) is 5.17. The normalized spacial score (nSPS) is 26.4. The second-order valence-corrected chi connectivity index (χ2v) is 10.7. The molecule has 0 aromatic heterocycles. The summed E-state index contributed by atoms with van der Waals surface area (Å²) in [7, 11) is 0. The first kappa shape index (κ1) is 28.5. The SMILES string of the molecule is CC(C)CNC(=O)[C@@]1(OCc2ccc(F)c(F)c2)CC(OCc2c(F)cccc2F)[C@@H]2OC(C)(C)O[C@@H]2C1. The zero-order chi connectivity index (χ0) is 27.7. The Morgan fingerprint density at radius 3 is 2.37 bits per heavy atom. The average Bonchev–Trinajstić information content (AvgIpc) is 3.16. The quantitative estimate of drug-likeness (QED) is 0.446. The maximum absolute atomic E-state index is 14.3. The van der Waals surface area contributed by atoms with Crippen LogP contribution >= 0.6 is 0 Å². The van der Waals surface area contributed by atoms with Crippen LogP contribution in [0.3, 0.4) is 0 Å². The van der Waals surface area contributed by atoms with E-state index in [4.69, 9.17) is 18.9 Å². The van der Waals surface area contributed by atoms with E-state index in [1.807, 2.05) is 13.8 Å². The Bertz CT molecular complexity index is 1140. The number of halogens is 4. The first-order valence-corrected chi connectivity index (χ1v) is 12.7. The molecular formula is C28H33F4NO5. The van der Waals surface area contributed by atoms with Gasteiger partial charge in [-0.15, -0.1) is 0 Å². The van der Waals surface area contributed by atoms with Gasteiger partial charge in [-0.2, -0.15) is 0 Å². The lowest BCUT2D eigenvalue weighted by molar-refractivity contribution is -0.183. The van der Waals surface area contributed by atoms with Crippen molar-refractivity contribution in [3.63, 3.8) is 0 Å². The van der Waals surface area contributed by atoms with Gasteiger partial charge in [-0.05, 0) is 49.6 Å². The van der Waals surface area contributed by atoms with E-state index in [1.54, 1.807) is 13.8 Å². The van der Waals surface area contributed by atoms with Crippen LogP contribution in [0.15, 0.2) is 36.4 Å². The van der Waals surface area contributed by atoms with Crippen LogP contribution in [0.25, 0.3) is 0 Å². The predicted molar refractivity (Wildman–Crippen MR) is 130 cm³/mol. The Balaban J connectivity index is 1.63. The third-order valence-corrected chi connectivity index (χ3v) is 6.74. The van der Waals surface area contributed by atoms with Gasteiger partial charge in [-0.1, -0.05) is 26.0 Å². The van der Waals surface area contributed by atoms with Crippen LogP contribution in [0.2, 0.25) is 0 Å². The highest BCUT2D eigenvalue weighted by Crippen LogP contribution is 2.44. The summed E-state index contributed by atoms with van der Waals surface area (Å²) in [5.41, 5.74) is -1.41. The Kier molecular flexibility index (Phi) is 8.46. The topological polar surface area (TPSA) is 66.0 Å². The van der Waals surface area contributed by atoms with Crippen LogP contribution in [-0.4, -0.2) is 42.2 Å². The van der Waals surface area contributed by atoms with Gasteiger partial charge < -0.3 is 24.3 Å². The van der Waals surface area contributed by atoms with Gasteiger partial charge in [0.2, 0.25) is 0 Å². The monoisotopic (exact) mass is 539 g/mol. The minimum absolute atomic E-state index is 0.0166. The first-order valence-electron chi connectivity index (χ1n) is 12.7. The summed E-state index contributed by atoms with van der Waals surface area (Å²) in [5.74, 6) is -4.80. The Labute approximate surface area is 219 Å². The average molecular weight is 540 g/mol. The molecular weight excluding hydrogens is 506 g/mol. The second kappa shape index (κ2) is 11.3. The zero-order valence-corrected chi connectivity index (χ0v) is 21.9. The Morgan fingerprint density at radius 1 is 1.00 bits per heavy atom. The molecule has 4 rings (SSSR count). The van der Waals surface area contributed by atoms with E-state index in [-0.39, 0.29) is 30.9 Å². The number of fused-ring (bicyclic) bond motifs is 1. The molecule has 2 aliphatic rings. The molecule has 0 spiro atoms. The van der Waals surface area contributed by atoms with Crippen molar-refractivity contribution in [3.05, 3.63) is 70.8 Å². The molecule has 1 N–H and O–H groups in total. The molecule has 2 fully saturated rings. The van der Waals surface area contributed by atoms with E-state index in [0.717, 1.165) is 24.3 Å². The molecule has 2 aromatic rings. The number of hydrogen-bond acceptors (Lipinski definition) is 5.